The number of pyridine rings is 1. The first kappa shape index (κ1) is 18.4. The zero-order valence-corrected chi connectivity index (χ0v) is 16.0. The van der Waals surface area contributed by atoms with Gasteiger partial charge in [-0.25, -0.2) is 9.49 Å². The summed E-state index contributed by atoms with van der Waals surface area (Å²) in [7, 11) is 0. The van der Waals surface area contributed by atoms with E-state index in [4.69, 9.17) is 20.9 Å². The molecule has 1 fully saturated rings. The van der Waals surface area contributed by atoms with Crippen molar-refractivity contribution in [3.05, 3.63) is 51.1 Å². The van der Waals surface area contributed by atoms with Crippen LogP contribution in [0.3, 0.4) is 0 Å². The van der Waals surface area contributed by atoms with Gasteiger partial charge in [0, 0.05) is 19.0 Å². The molecule has 8 nitrogen and oxygen atoms in total. The standard InChI is InChI=1S/C18H17ClFN5O3/c1-9-16(10(2)28-24-9)13-5-15(12(20)6-21-13)27-11-3-4-25(8-11)14-7-22-23-18(26)17(14)19/h5-7,11H,3-4,8H2,1-2H3,(H,23,26)/t11-/m1/s1. The van der Waals surface area contributed by atoms with Gasteiger partial charge in [-0.2, -0.15) is 5.10 Å². The fraction of sp³-hybridized carbons (Fsp3) is 0.333. The fourth-order valence-corrected chi connectivity index (χ4v) is 3.52. The smallest absolute Gasteiger partial charge is 0.285 e. The number of nitrogens with zero attached hydrogens (tertiary/aromatic N) is 4. The summed E-state index contributed by atoms with van der Waals surface area (Å²) in [5.74, 6) is 0.155. The average Bonchev–Trinajstić information content (AvgIpc) is 3.26. The molecule has 0 saturated carbocycles. The van der Waals surface area contributed by atoms with E-state index < -0.39 is 11.4 Å². The van der Waals surface area contributed by atoms with Crippen LogP contribution in [0, 0.1) is 19.7 Å². The highest BCUT2D eigenvalue weighted by Gasteiger charge is 2.27. The third-order valence-corrected chi connectivity index (χ3v) is 5.03. The summed E-state index contributed by atoms with van der Waals surface area (Å²) in [6.45, 7) is 4.63. The van der Waals surface area contributed by atoms with E-state index in [0.717, 1.165) is 11.8 Å². The number of hydrogen-bond acceptors (Lipinski definition) is 7. The lowest BCUT2D eigenvalue weighted by Gasteiger charge is -2.19. The number of nitrogens with one attached hydrogen (secondary N) is 1. The van der Waals surface area contributed by atoms with E-state index in [1.54, 1.807) is 19.9 Å². The minimum atomic E-state index is -0.551. The topological polar surface area (TPSA) is 97.1 Å². The summed E-state index contributed by atoms with van der Waals surface area (Å²) in [6.07, 6.45) is 2.99. The average molecular weight is 406 g/mol. The predicted octanol–water partition coefficient (Wildman–Crippen LogP) is 2.89. The number of hydrogen-bond donors (Lipinski definition) is 1. The van der Waals surface area contributed by atoms with E-state index in [1.165, 1.54) is 6.20 Å². The van der Waals surface area contributed by atoms with E-state index in [-0.39, 0.29) is 16.9 Å². The number of H-pyrrole nitrogens is 1. The van der Waals surface area contributed by atoms with Crippen LogP contribution in [-0.2, 0) is 0 Å². The van der Waals surface area contributed by atoms with Crippen molar-refractivity contribution in [2.75, 3.05) is 18.0 Å². The molecule has 3 aromatic rings. The van der Waals surface area contributed by atoms with Crippen molar-refractivity contribution in [1.29, 1.82) is 0 Å². The maximum absolute atomic E-state index is 14.3. The van der Waals surface area contributed by atoms with E-state index in [9.17, 15) is 9.18 Å². The van der Waals surface area contributed by atoms with Crippen LogP contribution in [0.2, 0.25) is 5.02 Å². The molecule has 0 bridgehead atoms. The van der Waals surface area contributed by atoms with Crippen LogP contribution in [0.15, 0.2) is 27.8 Å². The molecule has 3 aromatic heterocycles. The molecule has 1 atom stereocenters. The van der Waals surface area contributed by atoms with E-state index >= 15 is 0 Å². The van der Waals surface area contributed by atoms with Crippen molar-refractivity contribution in [3.63, 3.8) is 0 Å². The fourth-order valence-electron chi connectivity index (χ4n) is 3.31. The molecule has 1 aliphatic rings. The second-order valence-electron chi connectivity index (χ2n) is 6.57. The van der Waals surface area contributed by atoms with Crippen LogP contribution in [0.1, 0.15) is 17.9 Å². The number of rotatable bonds is 4. The molecule has 1 aliphatic heterocycles. The number of aryl methyl sites for hydroxylation is 2. The van der Waals surface area contributed by atoms with Gasteiger partial charge in [-0.15, -0.1) is 0 Å². The molecule has 0 spiro atoms. The van der Waals surface area contributed by atoms with Gasteiger partial charge >= 0.3 is 0 Å². The Morgan fingerprint density at radius 2 is 2.21 bits per heavy atom. The van der Waals surface area contributed by atoms with Crippen molar-refractivity contribution in [3.8, 4) is 17.0 Å². The zero-order chi connectivity index (χ0) is 19.8. The van der Waals surface area contributed by atoms with Gasteiger partial charge < -0.3 is 14.2 Å². The van der Waals surface area contributed by atoms with Gasteiger partial charge in [0.2, 0.25) is 0 Å². The lowest BCUT2D eigenvalue weighted by Crippen LogP contribution is -2.26. The molecule has 4 rings (SSSR count). The molecule has 1 N–H and O–H groups in total. The summed E-state index contributed by atoms with van der Waals surface area (Å²) in [6, 6.07) is 1.55. The first-order valence-corrected chi connectivity index (χ1v) is 9.05. The van der Waals surface area contributed by atoms with Crippen LogP contribution in [-0.4, -0.2) is 39.5 Å². The molecule has 0 amide bonds. The third kappa shape index (κ3) is 3.33. The second-order valence-corrected chi connectivity index (χ2v) is 6.95. The van der Waals surface area contributed by atoms with Crippen LogP contribution < -0.4 is 15.2 Å². The predicted molar refractivity (Wildman–Crippen MR) is 100 cm³/mol. The Kier molecular flexibility index (Phi) is 4.76. The Bertz CT molecular complexity index is 1060. The molecule has 146 valence electrons. The number of ether oxygens (including phenoxy) is 1. The molecular weight excluding hydrogens is 389 g/mol. The second kappa shape index (κ2) is 7.23. The Balaban J connectivity index is 1.55. The van der Waals surface area contributed by atoms with Gasteiger partial charge in [0.15, 0.2) is 11.6 Å². The molecule has 0 unspecified atom stereocenters. The highest BCUT2D eigenvalue weighted by molar-refractivity contribution is 6.33. The minimum absolute atomic E-state index is 0.0754. The summed E-state index contributed by atoms with van der Waals surface area (Å²) >= 11 is 6.06. The molecule has 0 aromatic carbocycles. The Morgan fingerprint density at radius 3 is 2.96 bits per heavy atom. The monoisotopic (exact) mass is 405 g/mol. The van der Waals surface area contributed by atoms with Crippen molar-refractivity contribution in [2.45, 2.75) is 26.4 Å². The van der Waals surface area contributed by atoms with Gasteiger partial charge in [-0.05, 0) is 13.8 Å². The molecule has 0 radical (unpaired) electrons. The first-order chi connectivity index (χ1) is 13.4. The molecule has 10 heteroatoms. The third-order valence-electron chi connectivity index (χ3n) is 4.67. The zero-order valence-electron chi connectivity index (χ0n) is 15.2. The van der Waals surface area contributed by atoms with Gasteiger partial charge in [0.1, 0.15) is 16.9 Å². The van der Waals surface area contributed by atoms with Gasteiger partial charge in [-0.1, -0.05) is 16.8 Å². The summed E-state index contributed by atoms with van der Waals surface area (Å²) in [5, 5.41) is 10.0. The number of aromatic nitrogens is 4. The van der Waals surface area contributed by atoms with Crippen molar-refractivity contribution < 1.29 is 13.7 Å². The minimum Gasteiger partial charge on any atom is -0.485 e. The highest BCUT2D eigenvalue weighted by Crippen LogP contribution is 2.31. The van der Waals surface area contributed by atoms with Crippen molar-refractivity contribution in [2.24, 2.45) is 0 Å². The van der Waals surface area contributed by atoms with Crippen LogP contribution in [0.5, 0.6) is 5.75 Å². The number of anilines is 1. The first-order valence-electron chi connectivity index (χ1n) is 8.67. The van der Waals surface area contributed by atoms with Gasteiger partial charge in [0.05, 0.1) is 41.6 Å². The van der Waals surface area contributed by atoms with E-state index in [0.29, 0.717) is 42.3 Å². The lowest BCUT2D eigenvalue weighted by atomic mass is 10.1. The maximum Gasteiger partial charge on any atom is 0.285 e. The van der Waals surface area contributed by atoms with E-state index in [1.807, 2.05) is 4.90 Å². The van der Waals surface area contributed by atoms with Crippen LogP contribution >= 0.6 is 11.6 Å². The summed E-state index contributed by atoms with van der Waals surface area (Å²) in [5.41, 5.74) is 2.01. The van der Waals surface area contributed by atoms with Crippen molar-refractivity contribution in [1.82, 2.24) is 20.3 Å². The maximum atomic E-state index is 14.3. The Hall–Kier alpha value is -2.94. The summed E-state index contributed by atoms with van der Waals surface area (Å²) < 4.78 is 25.3. The Morgan fingerprint density at radius 1 is 1.39 bits per heavy atom. The molecular formula is C18H17ClFN5O3. The molecule has 4 heterocycles. The molecule has 0 aliphatic carbocycles. The van der Waals surface area contributed by atoms with Crippen LogP contribution in [0.25, 0.3) is 11.3 Å². The Labute approximate surface area is 164 Å². The highest BCUT2D eigenvalue weighted by atomic mass is 35.5. The van der Waals surface area contributed by atoms with Crippen LogP contribution in [0.4, 0.5) is 10.1 Å². The summed E-state index contributed by atoms with van der Waals surface area (Å²) in [4.78, 5) is 17.7. The largest absolute Gasteiger partial charge is 0.485 e. The van der Waals surface area contributed by atoms with Crippen molar-refractivity contribution >= 4 is 17.3 Å². The number of aromatic amines is 1. The van der Waals surface area contributed by atoms with E-state index in [2.05, 4.69) is 20.3 Å². The van der Waals surface area contributed by atoms with Gasteiger partial charge in [-0.3, -0.25) is 9.78 Å². The normalized spacial score (nSPS) is 16.6. The quantitative estimate of drug-likeness (QED) is 0.712. The lowest BCUT2D eigenvalue weighted by molar-refractivity contribution is 0.214. The molecule has 28 heavy (non-hydrogen) atoms. The SMILES string of the molecule is Cc1noc(C)c1-c1cc(O[C@@H]2CCN(c3cn[nH]c(=O)c3Cl)C2)c(F)cn1. The van der Waals surface area contributed by atoms with Gasteiger partial charge in [0.25, 0.3) is 5.56 Å². The molecule has 1 saturated heterocycles. The number of halogens is 2.